The van der Waals surface area contributed by atoms with Gasteiger partial charge in [0.25, 0.3) is 0 Å². The molecule has 0 spiro atoms. The van der Waals surface area contributed by atoms with Crippen LogP contribution < -0.4 is 9.47 Å². The number of hydrogen-bond donors (Lipinski definition) is 0. The van der Waals surface area contributed by atoms with Gasteiger partial charge in [0.2, 0.25) is 12.7 Å². The first-order chi connectivity index (χ1) is 13.5. The van der Waals surface area contributed by atoms with Crippen LogP contribution in [0.25, 0.3) is 0 Å². The minimum absolute atomic E-state index is 0.151. The summed E-state index contributed by atoms with van der Waals surface area (Å²) in [4.78, 5) is 17.3. The summed E-state index contributed by atoms with van der Waals surface area (Å²) in [6.07, 6.45) is 0.541. The number of ether oxygens (including phenoxy) is 2. The minimum Gasteiger partial charge on any atom is -0.454 e. The van der Waals surface area contributed by atoms with E-state index in [0.29, 0.717) is 13.2 Å². The average molecular weight is 380 g/mol. The van der Waals surface area contributed by atoms with Crippen molar-refractivity contribution in [3.8, 4) is 11.5 Å². The average Bonchev–Trinajstić information content (AvgIpc) is 3.17. The molecule has 28 heavy (non-hydrogen) atoms. The van der Waals surface area contributed by atoms with Crippen molar-refractivity contribution in [2.75, 3.05) is 33.0 Å². The molecule has 2 aliphatic rings. The number of benzene rings is 2. The highest BCUT2D eigenvalue weighted by Crippen LogP contribution is 2.33. The molecule has 0 N–H and O–H groups in total. The maximum atomic E-state index is 12.9. The van der Waals surface area contributed by atoms with Crippen LogP contribution in [0.4, 0.5) is 0 Å². The molecule has 5 nitrogen and oxygen atoms in total. The molecule has 2 aromatic carbocycles. The molecule has 0 aromatic heterocycles. The Balaban J connectivity index is 1.29. The van der Waals surface area contributed by atoms with E-state index in [9.17, 15) is 4.79 Å². The molecule has 0 unspecified atom stereocenters. The van der Waals surface area contributed by atoms with E-state index >= 15 is 0 Å². The molecule has 0 aliphatic carbocycles. The van der Waals surface area contributed by atoms with E-state index in [1.807, 2.05) is 29.2 Å². The third-order valence-electron chi connectivity index (χ3n) is 5.72. The maximum absolute atomic E-state index is 12.9. The molecule has 1 amide bonds. The number of amides is 1. The first kappa shape index (κ1) is 18.8. The van der Waals surface area contributed by atoms with Gasteiger partial charge in [-0.25, -0.2) is 0 Å². The molecule has 5 heteroatoms. The Hall–Kier alpha value is -2.53. The number of rotatable bonds is 5. The van der Waals surface area contributed by atoms with Gasteiger partial charge >= 0.3 is 0 Å². The standard InChI is InChI=1S/C23H28N2O3/c1-23(2,19-6-4-3-5-7-19)15-22(26)25-12-10-24(11-13-25)16-18-8-9-20-21(14-18)28-17-27-20/h3-9,14H,10-13,15-17H2,1-2H3. The monoisotopic (exact) mass is 380 g/mol. The second-order valence-corrected chi connectivity index (χ2v) is 8.27. The molecule has 2 aliphatic heterocycles. The number of carbonyl (C=O) groups is 1. The van der Waals surface area contributed by atoms with Crippen molar-refractivity contribution in [1.82, 2.24) is 9.80 Å². The highest BCUT2D eigenvalue weighted by molar-refractivity contribution is 5.78. The summed E-state index contributed by atoms with van der Waals surface area (Å²) in [5.74, 6) is 1.89. The number of nitrogens with zero attached hydrogens (tertiary/aromatic N) is 2. The van der Waals surface area contributed by atoms with Gasteiger partial charge in [0, 0.05) is 39.1 Å². The number of piperazine rings is 1. The molecule has 1 fully saturated rings. The molecule has 0 bridgehead atoms. The van der Waals surface area contributed by atoms with Crippen molar-refractivity contribution in [3.63, 3.8) is 0 Å². The van der Waals surface area contributed by atoms with E-state index in [-0.39, 0.29) is 11.3 Å². The van der Waals surface area contributed by atoms with Crippen LogP contribution in [0.1, 0.15) is 31.4 Å². The quantitative estimate of drug-likeness (QED) is 0.797. The molecular weight excluding hydrogens is 352 g/mol. The third kappa shape index (κ3) is 4.14. The van der Waals surface area contributed by atoms with Crippen molar-refractivity contribution in [2.45, 2.75) is 32.2 Å². The van der Waals surface area contributed by atoms with E-state index in [2.05, 4.69) is 43.0 Å². The summed E-state index contributed by atoms with van der Waals surface area (Å²) >= 11 is 0. The van der Waals surface area contributed by atoms with Crippen LogP contribution in [0.15, 0.2) is 48.5 Å². The predicted octanol–water partition coefficient (Wildman–Crippen LogP) is 3.43. The zero-order chi connectivity index (χ0) is 19.6. The van der Waals surface area contributed by atoms with Crippen LogP contribution in [0.2, 0.25) is 0 Å². The lowest BCUT2D eigenvalue weighted by Gasteiger charge is -2.36. The molecule has 1 saturated heterocycles. The van der Waals surface area contributed by atoms with Crippen LogP contribution in [-0.2, 0) is 16.8 Å². The number of fused-ring (bicyclic) bond motifs is 1. The Kier molecular flexibility index (Phi) is 5.27. The summed E-state index contributed by atoms with van der Waals surface area (Å²) in [5.41, 5.74) is 2.28. The van der Waals surface area contributed by atoms with E-state index in [1.54, 1.807) is 0 Å². The van der Waals surface area contributed by atoms with Crippen LogP contribution in [0.3, 0.4) is 0 Å². The Morgan fingerprint density at radius 1 is 0.964 bits per heavy atom. The molecule has 0 radical (unpaired) electrons. The molecule has 2 heterocycles. The summed E-state index contributed by atoms with van der Waals surface area (Å²) in [6, 6.07) is 16.4. The summed E-state index contributed by atoms with van der Waals surface area (Å²) < 4.78 is 10.8. The van der Waals surface area contributed by atoms with Crippen LogP contribution in [0, 0.1) is 0 Å². The summed E-state index contributed by atoms with van der Waals surface area (Å²) in [5, 5.41) is 0. The number of carbonyl (C=O) groups excluding carboxylic acids is 1. The topological polar surface area (TPSA) is 42.0 Å². The van der Waals surface area contributed by atoms with Gasteiger partial charge in [-0.15, -0.1) is 0 Å². The lowest BCUT2D eigenvalue weighted by atomic mass is 9.81. The van der Waals surface area contributed by atoms with E-state index in [1.165, 1.54) is 11.1 Å². The van der Waals surface area contributed by atoms with Crippen molar-refractivity contribution in [3.05, 3.63) is 59.7 Å². The number of hydrogen-bond acceptors (Lipinski definition) is 4. The second kappa shape index (κ2) is 7.84. The molecule has 148 valence electrons. The van der Waals surface area contributed by atoms with E-state index in [0.717, 1.165) is 44.2 Å². The summed E-state index contributed by atoms with van der Waals surface area (Å²) in [7, 11) is 0. The van der Waals surface area contributed by atoms with Gasteiger partial charge in [-0.3, -0.25) is 9.69 Å². The van der Waals surface area contributed by atoms with Gasteiger partial charge < -0.3 is 14.4 Å². The Morgan fingerprint density at radius 3 is 2.43 bits per heavy atom. The third-order valence-corrected chi connectivity index (χ3v) is 5.72. The Morgan fingerprint density at radius 2 is 1.68 bits per heavy atom. The molecule has 4 rings (SSSR count). The first-order valence-electron chi connectivity index (χ1n) is 9.95. The molecular formula is C23H28N2O3. The van der Waals surface area contributed by atoms with Crippen molar-refractivity contribution in [2.24, 2.45) is 0 Å². The van der Waals surface area contributed by atoms with Crippen LogP contribution in [0.5, 0.6) is 11.5 Å². The largest absolute Gasteiger partial charge is 0.454 e. The van der Waals surface area contributed by atoms with Gasteiger partial charge in [0.05, 0.1) is 0 Å². The van der Waals surface area contributed by atoms with Gasteiger partial charge in [0.15, 0.2) is 11.5 Å². The van der Waals surface area contributed by atoms with E-state index < -0.39 is 0 Å². The molecule has 0 atom stereocenters. The summed E-state index contributed by atoms with van der Waals surface area (Å²) in [6.45, 7) is 8.83. The van der Waals surface area contributed by atoms with Crippen molar-refractivity contribution in [1.29, 1.82) is 0 Å². The zero-order valence-electron chi connectivity index (χ0n) is 16.7. The normalized spacial score (nSPS) is 17.0. The lowest BCUT2D eigenvalue weighted by Crippen LogP contribution is -2.49. The van der Waals surface area contributed by atoms with Gasteiger partial charge in [-0.1, -0.05) is 50.2 Å². The highest BCUT2D eigenvalue weighted by Gasteiger charge is 2.29. The molecule has 2 aromatic rings. The fourth-order valence-corrected chi connectivity index (χ4v) is 3.93. The first-order valence-corrected chi connectivity index (χ1v) is 9.95. The zero-order valence-corrected chi connectivity index (χ0v) is 16.7. The van der Waals surface area contributed by atoms with Crippen molar-refractivity contribution < 1.29 is 14.3 Å². The minimum atomic E-state index is -0.151. The maximum Gasteiger partial charge on any atom is 0.231 e. The van der Waals surface area contributed by atoms with E-state index in [4.69, 9.17) is 9.47 Å². The molecule has 0 saturated carbocycles. The SMILES string of the molecule is CC(C)(CC(=O)N1CCN(Cc2ccc3c(c2)OCO3)CC1)c1ccccc1. The fraction of sp³-hybridized carbons (Fsp3) is 0.435. The van der Waals surface area contributed by atoms with Gasteiger partial charge in [0.1, 0.15) is 0 Å². The van der Waals surface area contributed by atoms with Crippen LogP contribution in [-0.4, -0.2) is 48.7 Å². The highest BCUT2D eigenvalue weighted by atomic mass is 16.7. The van der Waals surface area contributed by atoms with Crippen LogP contribution >= 0.6 is 0 Å². The smallest absolute Gasteiger partial charge is 0.231 e. The lowest BCUT2D eigenvalue weighted by molar-refractivity contribution is -0.134. The predicted molar refractivity (Wildman–Crippen MR) is 109 cm³/mol. The van der Waals surface area contributed by atoms with Crippen molar-refractivity contribution >= 4 is 5.91 Å². The van der Waals surface area contributed by atoms with Gasteiger partial charge in [-0.2, -0.15) is 0 Å². The fourth-order valence-electron chi connectivity index (χ4n) is 3.93. The second-order valence-electron chi connectivity index (χ2n) is 8.27. The van der Waals surface area contributed by atoms with Gasteiger partial charge in [-0.05, 0) is 28.7 Å². The Labute approximate surface area is 166 Å². The Bertz CT molecular complexity index is 827.